The molecule has 4 rings (SSSR count). The SMILES string of the molecule is O=C(NC[C@@H]1C[C@H]2C[C@@H]1[C@H]1C[C@H]21)c1ccc(F)cc1. The molecule has 3 saturated carbocycles. The highest BCUT2D eigenvalue weighted by atomic mass is 19.1. The van der Waals surface area contributed by atoms with Crippen molar-refractivity contribution < 1.29 is 9.18 Å². The van der Waals surface area contributed by atoms with Gasteiger partial charge in [-0.25, -0.2) is 4.39 Å². The minimum absolute atomic E-state index is 0.0740. The predicted octanol–water partition coefficient (Wildman–Crippen LogP) is 2.85. The first-order valence-corrected chi connectivity index (χ1v) is 7.26. The molecule has 0 saturated heterocycles. The molecule has 0 heterocycles. The van der Waals surface area contributed by atoms with Crippen molar-refractivity contribution in [3.8, 4) is 0 Å². The molecule has 1 aromatic rings. The summed E-state index contributed by atoms with van der Waals surface area (Å²) in [5.41, 5.74) is 0.550. The number of hydrogen-bond acceptors (Lipinski definition) is 1. The van der Waals surface area contributed by atoms with E-state index in [9.17, 15) is 9.18 Å². The molecule has 3 aliphatic carbocycles. The van der Waals surface area contributed by atoms with E-state index in [2.05, 4.69) is 5.32 Å². The van der Waals surface area contributed by atoms with Crippen molar-refractivity contribution in [2.45, 2.75) is 19.3 Å². The van der Waals surface area contributed by atoms with Gasteiger partial charge in [0.05, 0.1) is 0 Å². The minimum atomic E-state index is -0.301. The third-order valence-corrected chi connectivity index (χ3v) is 5.46. The molecular weight excluding hydrogens is 241 g/mol. The van der Waals surface area contributed by atoms with Crippen molar-refractivity contribution in [3.63, 3.8) is 0 Å². The quantitative estimate of drug-likeness (QED) is 0.888. The van der Waals surface area contributed by atoms with Gasteiger partial charge in [-0.15, -0.1) is 0 Å². The van der Waals surface area contributed by atoms with Gasteiger partial charge in [0.1, 0.15) is 5.82 Å². The Labute approximate surface area is 112 Å². The fraction of sp³-hybridized carbons (Fsp3) is 0.562. The highest BCUT2D eigenvalue weighted by molar-refractivity contribution is 5.94. The van der Waals surface area contributed by atoms with Crippen molar-refractivity contribution >= 4 is 5.91 Å². The van der Waals surface area contributed by atoms with E-state index < -0.39 is 0 Å². The van der Waals surface area contributed by atoms with Gasteiger partial charge >= 0.3 is 0 Å². The second-order valence-corrected chi connectivity index (χ2v) is 6.44. The summed E-state index contributed by atoms with van der Waals surface area (Å²) < 4.78 is 12.8. The number of halogens is 1. The monoisotopic (exact) mass is 259 g/mol. The first kappa shape index (κ1) is 11.4. The van der Waals surface area contributed by atoms with Crippen molar-refractivity contribution in [1.82, 2.24) is 5.32 Å². The predicted molar refractivity (Wildman–Crippen MR) is 70.0 cm³/mol. The van der Waals surface area contributed by atoms with E-state index in [1.54, 1.807) is 12.1 Å². The fourth-order valence-electron chi connectivity index (χ4n) is 4.51. The number of rotatable bonds is 3. The van der Waals surface area contributed by atoms with Gasteiger partial charge < -0.3 is 5.32 Å². The third kappa shape index (κ3) is 1.87. The lowest BCUT2D eigenvalue weighted by Gasteiger charge is -2.21. The number of benzene rings is 1. The molecule has 0 unspecified atom stereocenters. The Morgan fingerprint density at radius 2 is 1.89 bits per heavy atom. The molecule has 19 heavy (non-hydrogen) atoms. The highest BCUT2D eigenvalue weighted by Crippen LogP contribution is 2.67. The van der Waals surface area contributed by atoms with E-state index in [0.717, 1.165) is 30.2 Å². The van der Waals surface area contributed by atoms with Crippen molar-refractivity contribution in [2.75, 3.05) is 6.54 Å². The maximum absolute atomic E-state index is 12.8. The van der Waals surface area contributed by atoms with Gasteiger partial charge in [0.25, 0.3) is 5.91 Å². The molecule has 0 radical (unpaired) electrons. The van der Waals surface area contributed by atoms with Crippen LogP contribution in [-0.4, -0.2) is 12.5 Å². The summed E-state index contributed by atoms with van der Waals surface area (Å²) in [6.07, 6.45) is 4.14. The van der Waals surface area contributed by atoms with E-state index in [-0.39, 0.29) is 11.7 Å². The van der Waals surface area contributed by atoms with E-state index in [4.69, 9.17) is 0 Å². The molecular formula is C16H18FNO. The molecule has 2 nitrogen and oxygen atoms in total. The van der Waals surface area contributed by atoms with Gasteiger partial charge in [-0.2, -0.15) is 0 Å². The highest BCUT2D eigenvalue weighted by Gasteiger charge is 2.60. The second-order valence-electron chi connectivity index (χ2n) is 6.44. The van der Waals surface area contributed by atoms with Crippen molar-refractivity contribution in [3.05, 3.63) is 35.6 Å². The number of carbonyl (C=O) groups is 1. The van der Waals surface area contributed by atoms with Gasteiger partial charge in [0, 0.05) is 12.1 Å². The zero-order valence-corrected chi connectivity index (χ0v) is 10.8. The van der Waals surface area contributed by atoms with Gasteiger partial charge in [0.15, 0.2) is 0 Å². The molecule has 0 spiro atoms. The van der Waals surface area contributed by atoms with Gasteiger partial charge in [-0.1, -0.05) is 0 Å². The lowest BCUT2D eigenvalue weighted by atomic mass is 9.88. The van der Waals surface area contributed by atoms with E-state index >= 15 is 0 Å². The zero-order valence-electron chi connectivity index (χ0n) is 10.8. The smallest absolute Gasteiger partial charge is 0.251 e. The molecule has 3 aliphatic rings. The Kier molecular flexibility index (Phi) is 2.44. The van der Waals surface area contributed by atoms with Gasteiger partial charge in [0.2, 0.25) is 0 Å². The van der Waals surface area contributed by atoms with Gasteiger partial charge in [-0.3, -0.25) is 4.79 Å². The lowest BCUT2D eigenvalue weighted by molar-refractivity contribution is 0.0941. The van der Waals surface area contributed by atoms with E-state index in [1.165, 1.54) is 31.4 Å². The molecule has 5 atom stereocenters. The van der Waals surface area contributed by atoms with Crippen LogP contribution in [-0.2, 0) is 0 Å². The Balaban J connectivity index is 1.35. The molecule has 3 fully saturated rings. The summed E-state index contributed by atoms with van der Waals surface area (Å²) in [5.74, 6) is 4.13. The van der Waals surface area contributed by atoms with Crippen LogP contribution in [0.15, 0.2) is 24.3 Å². The summed E-state index contributed by atoms with van der Waals surface area (Å²) in [6, 6.07) is 5.76. The van der Waals surface area contributed by atoms with Crippen LogP contribution in [0, 0.1) is 35.4 Å². The summed E-state index contributed by atoms with van der Waals surface area (Å²) in [6.45, 7) is 0.792. The largest absolute Gasteiger partial charge is 0.352 e. The van der Waals surface area contributed by atoms with Crippen LogP contribution in [0.25, 0.3) is 0 Å². The average Bonchev–Trinajstić information content (AvgIpc) is 3.03. The molecule has 0 aromatic heterocycles. The Morgan fingerprint density at radius 3 is 2.58 bits per heavy atom. The van der Waals surface area contributed by atoms with Crippen LogP contribution in [0.2, 0.25) is 0 Å². The molecule has 1 N–H and O–H groups in total. The molecule has 1 aromatic carbocycles. The summed E-state index contributed by atoms with van der Waals surface area (Å²) in [4.78, 5) is 12.0. The van der Waals surface area contributed by atoms with Crippen molar-refractivity contribution in [1.29, 1.82) is 0 Å². The minimum Gasteiger partial charge on any atom is -0.352 e. The Morgan fingerprint density at radius 1 is 1.11 bits per heavy atom. The number of amides is 1. The molecule has 2 bridgehead atoms. The number of fused-ring (bicyclic) bond motifs is 5. The molecule has 3 heteroatoms. The van der Waals surface area contributed by atoms with E-state index in [1.807, 2.05) is 0 Å². The number of carbonyl (C=O) groups excluding carboxylic acids is 1. The first-order valence-electron chi connectivity index (χ1n) is 7.26. The van der Waals surface area contributed by atoms with Crippen LogP contribution < -0.4 is 5.32 Å². The summed E-state index contributed by atoms with van der Waals surface area (Å²) >= 11 is 0. The molecule has 1 amide bonds. The Bertz CT molecular complexity index is 512. The van der Waals surface area contributed by atoms with Crippen LogP contribution in [0.5, 0.6) is 0 Å². The molecule has 100 valence electrons. The number of nitrogens with one attached hydrogen (secondary N) is 1. The van der Waals surface area contributed by atoms with Crippen molar-refractivity contribution in [2.24, 2.45) is 29.6 Å². The fourth-order valence-corrected chi connectivity index (χ4v) is 4.51. The summed E-state index contributed by atoms with van der Waals surface area (Å²) in [7, 11) is 0. The maximum Gasteiger partial charge on any atom is 0.251 e. The van der Waals surface area contributed by atoms with Gasteiger partial charge in [-0.05, 0) is 73.1 Å². The lowest BCUT2D eigenvalue weighted by Crippen LogP contribution is -2.32. The molecule has 0 aliphatic heterocycles. The topological polar surface area (TPSA) is 29.1 Å². The van der Waals surface area contributed by atoms with Crippen LogP contribution >= 0.6 is 0 Å². The van der Waals surface area contributed by atoms with Crippen LogP contribution in [0.3, 0.4) is 0 Å². The zero-order chi connectivity index (χ0) is 13.0. The first-order chi connectivity index (χ1) is 9.22. The third-order valence-electron chi connectivity index (χ3n) is 5.46. The second kappa shape index (κ2) is 4.06. The summed E-state index contributed by atoms with van der Waals surface area (Å²) in [5, 5.41) is 3.02. The Hall–Kier alpha value is -1.38. The van der Waals surface area contributed by atoms with Crippen LogP contribution in [0.1, 0.15) is 29.6 Å². The maximum atomic E-state index is 12.8. The normalized spacial score (nSPS) is 38.1. The number of hydrogen-bond donors (Lipinski definition) is 1. The average molecular weight is 259 g/mol. The van der Waals surface area contributed by atoms with E-state index in [0.29, 0.717) is 11.5 Å². The standard InChI is InChI=1S/C16H18FNO/c17-12-3-1-9(2-4-12)16(19)18-8-11-5-10-6-13(11)15-7-14(10)15/h1-4,10-11,13-15H,5-8H2,(H,18,19)/t10-,11-,13-,14+,15+/m0/s1. The van der Waals surface area contributed by atoms with Crippen LogP contribution in [0.4, 0.5) is 4.39 Å².